The molecular weight excluding hydrogens is 212 g/mol. The van der Waals surface area contributed by atoms with E-state index in [-0.39, 0.29) is 0 Å². The third kappa shape index (κ3) is 2.79. The van der Waals surface area contributed by atoms with E-state index in [2.05, 4.69) is 29.3 Å². The predicted octanol–water partition coefficient (Wildman–Crippen LogP) is 2.05. The Labute approximate surface area is 104 Å². The molecule has 1 aromatic rings. The Morgan fingerprint density at radius 1 is 1.35 bits per heavy atom. The molecule has 0 amide bonds. The number of ether oxygens (including phenoxy) is 1. The van der Waals surface area contributed by atoms with Crippen LogP contribution in [0.5, 0.6) is 5.75 Å². The van der Waals surface area contributed by atoms with Crippen LogP contribution < -0.4 is 10.1 Å². The molecule has 2 atom stereocenters. The molecule has 1 fully saturated rings. The summed E-state index contributed by atoms with van der Waals surface area (Å²) in [6, 6.07) is 9.54. The second-order valence-corrected chi connectivity index (χ2v) is 4.72. The maximum atomic E-state index is 5.19. The molecular formula is C14H22N2O. The average molecular weight is 234 g/mol. The smallest absolute Gasteiger partial charge is 0.118 e. The molecule has 1 N–H and O–H groups in total. The first-order chi connectivity index (χ1) is 8.24. The zero-order valence-electron chi connectivity index (χ0n) is 10.9. The highest BCUT2D eigenvalue weighted by Crippen LogP contribution is 2.25. The van der Waals surface area contributed by atoms with E-state index in [9.17, 15) is 0 Å². The molecule has 1 aromatic carbocycles. The summed E-state index contributed by atoms with van der Waals surface area (Å²) in [6.45, 7) is 4.60. The second kappa shape index (κ2) is 5.52. The van der Waals surface area contributed by atoms with Crippen LogP contribution in [0.1, 0.15) is 24.9 Å². The molecule has 0 saturated carbocycles. The van der Waals surface area contributed by atoms with E-state index in [0.717, 1.165) is 12.3 Å². The third-order valence-electron chi connectivity index (χ3n) is 3.77. The van der Waals surface area contributed by atoms with Gasteiger partial charge in [-0.2, -0.15) is 0 Å². The van der Waals surface area contributed by atoms with Crippen LogP contribution in [0.15, 0.2) is 24.3 Å². The fraction of sp³-hybridized carbons (Fsp3) is 0.571. The predicted molar refractivity (Wildman–Crippen MR) is 70.4 cm³/mol. The highest BCUT2D eigenvalue weighted by atomic mass is 16.5. The van der Waals surface area contributed by atoms with Crippen LogP contribution in [-0.4, -0.2) is 38.2 Å². The SMILES string of the molecule is CNC1CCN(C(C)c2ccc(OC)cc2)C1. The van der Waals surface area contributed by atoms with E-state index in [4.69, 9.17) is 4.74 Å². The highest BCUT2D eigenvalue weighted by molar-refractivity contribution is 5.29. The first-order valence-electron chi connectivity index (χ1n) is 6.30. The standard InChI is InChI=1S/C14H22N2O/c1-11(16-9-8-13(10-16)15-2)12-4-6-14(17-3)7-5-12/h4-7,11,13,15H,8-10H2,1-3H3. The van der Waals surface area contributed by atoms with Gasteiger partial charge in [-0.1, -0.05) is 12.1 Å². The molecule has 0 bridgehead atoms. The van der Waals surface area contributed by atoms with Crippen molar-refractivity contribution in [3.63, 3.8) is 0 Å². The Kier molecular flexibility index (Phi) is 4.02. The monoisotopic (exact) mass is 234 g/mol. The number of likely N-dealkylation sites (N-methyl/N-ethyl adjacent to an activating group) is 1. The van der Waals surface area contributed by atoms with Crippen LogP contribution in [0.3, 0.4) is 0 Å². The maximum absolute atomic E-state index is 5.19. The van der Waals surface area contributed by atoms with Gasteiger partial charge in [0.1, 0.15) is 5.75 Å². The molecule has 2 rings (SSSR count). The summed E-state index contributed by atoms with van der Waals surface area (Å²) in [4.78, 5) is 2.53. The maximum Gasteiger partial charge on any atom is 0.118 e. The number of likely N-dealkylation sites (tertiary alicyclic amines) is 1. The normalized spacial score (nSPS) is 22.6. The topological polar surface area (TPSA) is 24.5 Å². The Morgan fingerprint density at radius 2 is 2.06 bits per heavy atom. The van der Waals surface area contributed by atoms with Crippen LogP contribution in [-0.2, 0) is 0 Å². The molecule has 17 heavy (non-hydrogen) atoms. The summed E-state index contributed by atoms with van der Waals surface area (Å²) < 4.78 is 5.19. The molecule has 1 aliphatic rings. The molecule has 0 aromatic heterocycles. The number of methoxy groups -OCH3 is 1. The van der Waals surface area contributed by atoms with Gasteiger partial charge in [0.2, 0.25) is 0 Å². The fourth-order valence-corrected chi connectivity index (χ4v) is 2.47. The van der Waals surface area contributed by atoms with Crippen molar-refractivity contribution >= 4 is 0 Å². The molecule has 3 nitrogen and oxygen atoms in total. The minimum atomic E-state index is 0.485. The van der Waals surface area contributed by atoms with Crippen molar-refractivity contribution in [2.75, 3.05) is 27.2 Å². The molecule has 3 heteroatoms. The highest BCUT2D eigenvalue weighted by Gasteiger charge is 2.25. The second-order valence-electron chi connectivity index (χ2n) is 4.72. The van der Waals surface area contributed by atoms with Crippen molar-refractivity contribution in [3.8, 4) is 5.75 Å². The fourth-order valence-electron chi connectivity index (χ4n) is 2.47. The van der Waals surface area contributed by atoms with Crippen LogP contribution in [0.25, 0.3) is 0 Å². The van der Waals surface area contributed by atoms with Crippen LogP contribution >= 0.6 is 0 Å². The Bertz CT molecular complexity index is 350. The van der Waals surface area contributed by atoms with Crippen LogP contribution in [0.4, 0.5) is 0 Å². The first kappa shape index (κ1) is 12.4. The number of rotatable bonds is 4. The minimum Gasteiger partial charge on any atom is -0.497 e. The lowest BCUT2D eigenvalue weighted by Crippen LogP contribution is -2.31. The number of benzene rings is 1. The number of nitrogens with zero attached hydrogens (tertiary/aromatic N) is 1. The molecule has 1 aliphatic heterocycles. The molecule has 0 spiro atoms. The first-order valence-corrected chi connectivity index (χ1v) is 6.30. The van der Waals surface area contributed by atoms with Crippen LogP contribution in [0.2, 0.25) is 0 Å². The van der Waals surface area contributed by atoms with Gasteiger partial charge in [0.05, 0.1) is 7.11 Å². The Hall–Kier alpha value is -1.06. The average Bonchev–Trinajstić information content (AvgIpc) is 2.87. The lowest BCUT2D eigenvalue weighted by Gasteiger charge is -2.24. The lowest BCUT2D eigenvalue weighted by molar-refractivity contribution is 0.257. The number of nitrogens with one attached hydrogen (secondary N) is 1. The van der Waals surface area contributed by atoms with Gasteiger partial charge in [-0.05, 0) is 38.1 Å². The van der Waals surface area contributed by atoms with Crippen molar-refractivity contribution in [2.45, 2.75) is 25.4 Å². The molecule has 1 saturated heterocycles. The quantitative estimate of drug-likeness (QED) is 0.863. The van der Waals surface area contributed by atoms with E-state index < -0.39 is 0 Å². The van der Waals surface area contributed by atoms with Gasteiger partial charge in [-0.3, -0.25) is 4.90 Å². The summed E-state index contributed by atoms with van der Waals surface area (Å²) in [5, 5.41) is 3.36. The number of hydrogen-bond donors (Lipinski definition) is 1. The van der Waals surface area contributed by atoms with Crippen molar-refractivity contribution in [2.24, 2.45) is 0 Å². The molecule has 2 unspecified atom stereocenters. The third-order valence-corrected chi connectivity index (χ3v) is 3.77. The van der Waals surface area contributed by atoms with Gasteiger partial charge in [-0.25, -0.2) is 0 Å². The minimum absolute atomic E-state index is 0.485. The van der Waals surface area contributed by atoms with E-state index in [1.54, 1.807) is 7.11 Å². The molecule has 94 valence electrons. The summed E-state index contributed by atoms with van der Waals surface area (Å²) in [7, 11) is 3.75. The molecule has 1 heterocycles. The van der Waals surface area contributed by atoms with E-state index in [1.807, 2.05) is 19.2 Å². The number of hydrogen-bond acceptors (Lipinski definition) is 3. The van der Waals surface area contributed by atoms with E-state index >= 15 is 0 Å². The van der Waals surface area contributed by atoms with Gasteiger partial charge in [-0.15, -0.1) is 0 Å². The molecule has 0 radical (unpaired) electrons. The summed E-state index contributed by atoms with van der Waals surface area (Å²) in [5.41, 5.74) is 1.36. The largest absolute Gasteiger partial charge is 0.497 e. The Morgan fingerprint density at radius 3 is 2.59 bits per heavy atom. The van der Waals surface area contributed by atoms with Crippen LogP contribution in [0, 0.1) is 0 Å². The van der Waals surface area contributed by atoms with Crippen molar-refractivity contribution in [1.29, 1.82) is 0 Å². The summed E-state index contributed by atoms with van der Waals surface area (Å²) in [5.74, 6) is 0.926. The summed E-state index contributed by atoms with van der Waals surface area (Å²) >= 11 is 0. The van der Waals surface area contributed by atoms with E-state index in [1.165, 1.54) is 18.5 Å². The van der Waals surface area contributed by atoms with Gasteiger partial charge in [0.15, 0.2) is 0 Å². The Balaban J connectivity index is 2.01. The lowest BCUT2D eigenvalue weighted by atomic mass is 10.1. The molecule has 0 aliphatic carbocycles. The van der Waals surface area contributed by atoms with Gasteiger partial charge >= 0.3 is 0 Å². The van der Waals surface area contributed by atoms with Crippen molar-refractivity contribution < 1.29 is 4.74 Å². The van der Waals surface area contributed by atoms with Gasteiger partial charge in [0.25, 0.3) is 0 Å². The summed E-state index contributed by atoms with van der Waals surface area (Å²) in [6.07, 6.45) is 1.25. The zero-order chi connectivity index (χ0) is 12.3. The van der Waals surface area contributed by atoms with Gasteiger partial charge in [0, 0.05) is 25.2 Å². The van der Waals surface area contributed by atoms with E-state index in [0.29, 0.717) is 12.1 Å². The van der Waals surface area contributed by atoms with Crippen molar-refractivity contribution in [1.82, 2.24) is 10.2 Å². The zero-order valence-corrected chi connectivity index (χ0v) is 10.9. The van der Waals surface area contributed by atoms with Gasteiger partial charge < -0.3 is 10.1 Å². The van der Waals surface area contributed by atoms with Crippen molar-refractivity contribution in [3.05, 3.63) is 29.8 Å².